The second kappa shape index (κ2) is 7.35. The molecule has 142 valence electrons. The van der Waals surface area contributed by atoms with E-state index in [-0.39, 0.29) is 30.1 Å². The molecule has 0 aromatic heterocycles. The minimum atomic E-state index is -4.71. The average molecular weight is 372 g/mol. The van der Waals surface area contributed by atoms with Crippen molar-refractivity contribution in [3.8, 4) is 0 Å². The number of nitrogens with zero attached hydrogens (tertiary/aromatic N) is 1. The highest BCUT2D eigenvalue weighted by molar-refractivity contribution is 6.00. The van der Waals surface area contributed by atoms with E-state index in [1.807, 2.05) is 0 Å². The van der Waals surface area contributed by atoms with E-state index in [1.165, 1.54) is 11.0 Å². The fourth-order valence-electron chi connectivity index (χ4n) is 2.72. The maximum Gasteiger partial charge on any atom is 0.416 e. The van der Waals surface area contributed by atoms with Gasteiger partial charge in [0.2, 0.25) is 5.91 Å². The van der Waals surface area contributed by atoms with Crippen LogP contribution >= 0.6 is 0 Å². The highest BCUT2D eigenvalue weighted by atomic mass is 19.4. The molecule has 0 radical (unpaired) electrons. The Hall–Kier alpha value is -2.58. The number of alkyl halides is 3. The zero-order valence-electron chi connectivity index (χ0n) is 14.3. The normalized spacial score (nSPS) is 16.1. The monoisotopic (exact) mass is 372 g/mol. The maximum atomic E-state index is 13.2. The van der Waals surface area contributed by atoms with Gasteiger partial charge in [-0.05, 0) is 30.5 Å². The third kappa shape index (κ3) is 4.33. The Morgan fingerprint density at radius 2 is 1.88 bits per heavy atom. The SMILES string of the molecule is CC(C)[C@H](NC(=O)c1cc(N2CCCC2=O)cc(C(F)(F)F)c1)C(=O)O. The number of carbonyl (C=O) groups is 3. The lowest BCUT2D eigenvalue weighted by molar-refractivity contribution is -0.140. The molecule has 2 rings (SSSR count). The second-order valence-corrected chi connectivity index (χ2v) is 6.45. The molecule has 1 aliphatic heterocycles. The Morgan fingerprint density at radius 3 is 2.35 bits per heavy atom. The van der Waals surface area contributed by atoms with Crippen molar-refractivity contribution in [2.24, 2.45) is 5.92 Å². The number of rotatable bonds is 5. The largest absolute Gasteiger partial charge is 0.480 e. The van der Waals surface area contributed by atoms with E-state index in [9.17, 15) is 27.6 Å². The summed E-state index contributed by atoms with van der Waals surface area (Å²) in [5.41, 5.74) is -1.44. The first kappa shape index (κ1) is 19.7. The summed E-state index contributed by atoms with van der Waals surface area (Å²) >= 11 is 0. The first-order valence-corrected chi connectivity index (χ1v) is 8.07. The van der Waals surface area contributed by atoms with E-state index in [4.69, 9.17) is 5.11 Å². The zero-order chi connectivity index (χ0) is 19.6. The number of halogens is 3. The number of carboxylic acid groups (broad SMARTS) is 1. The van der Waals surface area contributed by atoms with Crippen LogP contribution in [-0.4, -0.2) is 35.5 Å². The fraction of sp³-hybridized carbons (Fsp3) is 0.471. The average Bonchev–Trinajstić information content (AvgIpc) is 2.96. The molecular weight excluding hydrogens is 353 g/mol. The predicted molar refractivity (Wildman–Crippen MR) is 86.8 cm³/mol. The molecule has 0 spiro atoms. The molecule has 1 aliphatic rings. The number of anilines is 1. The van der Waals surface area contributed by atoms with Crippen molar-refractivity contribution in [3.63, 3.8) is 0 Å². The van der Waals surface area contributed by atoms with Gasteiger partial charge in [-0.1, -0.05) is 13.8 Å². The Morgan fingerprint density at radius 1 is 1.23 bits per heavy atom. The molecule has 26 heavy (non-hydrogen) atoms. The number of hydrogen-bond donors (Lipinski definition) is 2. The number of hydrogen-bond acceptors (Lipinski definition) is 3. The standard InChI is InChI=1S/C17H19F3N2O4/c1-9(2)14(16(25)26)21-15(24)10-6-11(17(18,19)20)8-12(7-10)22-5-3-4-13(22)23/h6-9,14H,3-5H2,1-2H3,(H,21,24)(H,25,26)/t14-/m0/s1. The summed E-state index contributed by atoms with van der Waals surface area (Å²) in [6.45, 7) is 3.41. The Bertz CT molecular complexity index is 731. The quantitative estimate of drug-likeness (QED) is 0.832. The molecule has 0 bridgehead atoms. The summed E-state index contributed by atoms with van der Waals surface area (Å²) in [6, 6.07) is 1.40. The molecule has 0 saturated carbocycles. The molecule has 1 heterocycles. The first-order chi connectivity index (χ1) is 12.0. The molecular formula is C17H19F3N2O4. The molecule has 1 aromatic carbocycles. The molecule has 1 saturated heterocycles. The van der Waals surface area contributed by atoms with E-state index in [0.717, 1.165) is 6.07 Å². The molecule has 1 atom stereocenters. The molecule has 6 nitrogen and oxygen atoms in total. The van der Waals surface area contributed by atoms with Crippen molar-refractivity contribution in [3.05, 3.63) is 29.3 Å². The maximum absolute atomic E-state index is 13.2. The minimum Gasteiger partial charge on any atom is -0.480 e. The van der Waals surface area contributed by atoms with E-state index in [2.05, 4.69) is 5.32 Å². The Labute approximate surface area is 148 Å². The van der Waals surface area contributed by atoms with Crippen LogP contribution in [0.15, 0.2) is 18.2 Å². The number of nitrogens with one attached hydrogen (secondary N) is 1. The van der Waals surface area contributed by atoms with E-state index >= 15 is 0 Å². The molecule has 1 fully saturated rings. The second-order valence-electron chi connectivity index (χ2n) is 6.45. The molecule has 1 aromatic rings. The molecule has 2 N–H and O–H groups in total. The minimum absolute atomic E-state index is 0.0242. The van der Waals surface area contributed by atoms with Crippen molar-refractivity contribution in [1.29, 1.82) is 0 Å². The highest BCUT2D eigenvalue weighted by Gasteiger charge is 2.34. The van der Waals surface area contributed by atoms with Crippen LogP contribution in [-0.2, 0) is 15.8 Å². The van der Waals surface area contributed by atoms with Crippen LogP contribution in [0.3, 0.4) is 0 Å². The molecule has 0 unspecified atom stereocenters. The van der Waals surface area contributed by atoms with E-state index in [1.54, 1.807) is 13.8 Å². The lowest BCUT2D eigenvalue weighted by atomic mass is 10.0. The lowest BCUT2D eigenvalue weighted by Crippen LogP contribution is -2.44. The Kier molecular flexibility index (Phi) is 5.58. The van der Waals surface area contributed by atoms with Gasteiger partial charge in [0.05, 0.1) is 5.56 Å². The van der Waals surface area contributed by atoms with Gasteiger partial charge in [0.25, 0.3) is 5.91 Å². The third-order valence-electron chi connectivity index (χ3n) is 4.11. The van der Waals surface area contributed by atoms with Gasteiger partial charge in [-0.15, -0.1) is 0 Å². The van der Waals surface area contributed by atoms with Crippen LogP contribution in [0.5, 0.6) is 0 Å². The van der Waals surface area contributed by atoms with Gasteiger partial charge in [-0.3, -0.25) is 9.59 Å². The van der Waals surface area contributed by atoms with Crippen LogP contribution in [0.1, 0.15) is 42.6 Å². The van der Waals surface area contributed by atoms with Gasteiger partial charge in [0.1, 0.15) is 6.04 Å². The number of aliphatic carboxylic acids is 1. The molecule has 0 aliphatic carbocycles. The first-order valence-electron chi connectivity index (χ1n) is 8.07. The van der Waals surface area contributed by atoms with E-state index in [0.29, 0.717) is 12.5 Å². The van der Waals surface area contributed by atoms with Crippen LogP contribution in [0.2, 0.25) is 0 Å². The molecule has 2 amide bonds. The van der Waals surface area contributed by atoms with Crippen molar-refractivity contribution >= 4 is 23.5 Å². The molecule has 9 heteroatoms. The van der Waals surface area contributed by atoms with Gasteiger partial charge in [0, 0.05) is 24.2 Å². The van der Waals surface area contributed by atoms with Gasteiger partial charge >= 0.3 is 12.1 Å². The van der Waals surface area contributed by atoms with Crippen molar-refractivity contribution in [2.75, 3.05) is 11.4 Å². The van der Waals surface area contributed by atoms with Gasteiger partial charge in [0.15, 0.2) is 0 Å². The van der Waals surface area contributed by atoms with Crippen LogP contribution in [0.25, 0.3) is 0 Å². The summed E-state index contributed by atoms with van der Waals surface area (Å²) in [6.07, 6.45) is -3.96. The van der Waals surface area contributed by atoms with Crippen molar-refractivity contribution < 1.29 is 32.7 Å². The predicted octanol–water partition coefficient (Wildman–Crippen LogP) is 2.67. The topological polar surface area (TPSA) is 86.7 Å². The fourth-order valence-corrected chi connectivity index (χ4v) is 2.72. The Balaban J connectivity index is 2.42. The summed E-state index contributed by atoms with van der Waals surface area (Å²) in [7, 11) is 0. The zero-order valence-corrected chi connectivity index (χ0v) is 14.3. The van der Waals surface area contributed by atoms with Crippen molar-refractivity contribution in [1.82, 2.24) is 5.32 Å². The number of carboxylic acids is 1. The van der Waals surface area contributed by atoms with Crippen LogP contribution in [0.4, 0.5) is 18.9 Å². The number of benzene rings is 1. The highest BCUT2D eigenvalue weighted by Crippen LogP contribution is 2.34. The summed E-state index contributed by atoms with van der Waals surface area (Å²) in [5, 5.41) is 11.4. The van der Waals surface area contributed by atoms with Gasteiger partial charge < -0.3 is 15.3 Å². The smallest absolute Gasteiger partial charge is 0.416 e. The third-order valence-corrected chi connectivity index (χ3v) is 4.11. The number of carbonyl (C=O) groups excluding carboxylic acids is 2. The summed E-state index contributed by atoms with van der Waals surface area (Å²) < 4.78 is 39.6. The summed E-state index contributed by atoms with van der Waals surface area (Å²) in [5.74, 6) is -3.00. The summed E-state index contributed by atoms with van der Waals surface area (Å²) in [4.78, 5) is 36.6. The van der Waals surface area contributed by atoms with Gasteiger partial charge in [-0.2, -0.15) is 13.2 Å². The van der Waals surface area contributed by atoms with Crippen LogP contribution < -0.4 is 10.2 Å². The van der Waals surface area contributed by atoms with Gasteiger partial charge in [-0.25, -0.2) is 4.79 Å². The van der Waals surface area contributed by atoms with E-state index < -0.39 is 35.6 Å². The van der Waals surface area contributed by atoms with Crippen molar-refractivity contribution in [2.45, 2.75) is 38.9 Å². The van der Waals surface area contributed by atoms with Crippen LogP contribution in [0, 0.1) is 5.92 Å². The number of amides is 2. The lowest BCUT2D eigenvalue weighted by Gasteiger charge is -2.21.